The van der Waals surface area contributed by atoms with Crippen molar-refractivity contribution in [2.75, 3.05) is 0 Å². The Morgan fingerprint density at radius 2 is 1.60 bits per heavy atom. The fourth-order valence-electron chi connectivity index (χ4n) is 1.86. The Balaban J connectivity index is 3.52. The second kappa shape index (κ2) is 3.45. The molecule has 0 heterocycles. The second-order valence-corrected chi connectivity index (χ2v) is 3.58. The predicted molar refractivity (Wildman–Crippen MR) is 50.2 cm³/mol. The molecule has 0 N–H and O–H groups in total. The van der Waals surface area contributed by atoms with Gasteiger partial charge in [0.2, 0.25) is 0 Å². The summed E-state index contributed by atoms with van der Waals surface area (Å²) < 4.78 is 0. The number of rotatable bonds is 0. The number of nitrogens with zero attached hydrogens (tertiary/aromatic N) is 4. The summed E-state index contributed by atoms with van der Waals surface area (Å²) in [7, 11) is 0. The van der Waals surface area contributed by atoms with Crippen LogP contribution in [0.25, 0.3) is 0 Å². The SMILES string of the molecule is CC1C=CCC(C#N)(C#N)C1(C#N)C#N. The molecule has 1 rings (SSSR count). The van der Waals surface area contributed by atoms with Crippen molar-refractivity contribution in [2.24, 2.45) is 16.7 Å². The van der Waals surface area contributed by atoms with Crippen molar-refractivity contribution in [2.45, 2.75) is 13.3 Å². The molecule has 1 unspecified atom stereocenters. The highest BCUT2D eigenvalue weighted by Gasteiger charge is 2.58. The van der Waals surface area contributed by atoms with E-state index in [1.165, 1.54) is 0 Å². The molecular weight excluding hydrogens is 188 g/mol. The van der Waals surface area contributed by atoms with E-state index in [1.54, 1.807) is 19.1 Å². The molecule has 0 aromatic heterocycles. The van der Waals surface area contributed by atoms with E-state index in [0.29, 0.717) is 0 Å². The van der Waals surface area contributed by atoms with Crippen molar-refractivity contribution in [3.05, 3.63) is 12.2 Å². The molecule has 0 aromatic carbocycles. The number of nitriles is 4. The zero-order chi connectivity index (χ0) is 11.5. The van der Waals surface area contributed by atoms with Gasteiger partial charge in [0.25, 0.3) is 0 Å². The van der Waals surface area contributed by atoms with Crippen molar-refractivity contribution in [3.8, 4) is 24.3 Å². The number of hydrogen-bond acceptors (Lipinski definition) is 4. The fourth-order valence-corrected chi connectivity index (χ4v) is 1.86. The van der Waals surface area contributed by atoms with Gasteiger partial charge in [0.05, 0.1) is 24.3 Å². The Bertz CT molecular complexity index is 433. The standard InChI is InChI=1S/C11H8N4/c1-9-3-2-4-10(5-12,6-13)11(9,7-14)8-15/h2-3,9H,4H2,1H3. The van der Waals surface area contributed by atoms with Crippen molar-refractivity contribution >= 4 is 0 Å². The Morgan fingerprint density at radius 1 is 1.07 bits per heavy atom. The molecule has 0 radical (unpaired) electrons. The third-order valence-electron chi connectivity index (χ3n) is 2.94. The van der Waals surface area contributed by atoms with E-state index in [0.717, 1.165) is 0 Å². The minimum absolute atomic E-state index is 0.130. The maximum absolute atomic E-state index is 9.10. The third kappa shape index (κ3) is 1.10. The van der Waals surface area contributed by atoms with Crippen LogP contribution < -0.4 is 0 Å². The van der Waals surface area contributed by atoms with Crippen LogP contribution in [-0.2, 0) is 0 Å². The molecule has 0 bridgehead atoms. The topological polar surface area (TPSA) is 95.2 Å². The van der Waals surface area contributed by atoms with Gasteiger partial charge in [0.15, 0.2) is 10.8 Å². The van der Waals surface area contributed by atoms with Gasteiger partial charge in [0.1, 0.15) is 0 Å². The van der Waals surface area contributed by atoms with Crippen LogP contribution in [-0.4, -0.2) is 0 Å². The van der Waals surface area contributed by atoms with Gasteiger partial charge in [0, 0.05) is 5.92 Å². The van der Waals surface area contributed by atoms with E-state index in [9.17, 15) is 0 Å². The zero-order valence-electron chi connectivity index (χ0n) is 8.23. The molecule has 0 aliphatic heterocycles. The van der Waals surface area contributed by atoms with Gasteiger partial charge in [-0.2, -0.15) is 21.0 Å². The third-order valence-corrected chi connectivity index (χ3v) is 2.94. The van der Waals surface area contributed by atoms with E-state index < -0.39 is 16.7 Å². The molecule has 0 spiro atoms. The Hall–Kier alpha value is -2.30. The maximum Gasteiger partial charge on any atom is 0.181 e. The largest absolute Gasteiger partial charge is 0.196 e. The summed E-state index contributed by atoms with van der Waals surface area (Å²) >= 11 is 0. The Labute approximate surface area is 88.3 Å². The van der Waals surface area contributed by atoms with Gasteiger partial charge in [-0.1, -0.05) is 19.1 Å². The monoisotopic (exact) mass is 196 g/mol. The molecular formula is C11H8N4. The highest BCUT2D eigenvalue weighted by atomic mass is 14.6. The first-order chi connectivity index (χ1) is 7.12. The van der Waals surface area contributed by atoms with Crippen LogP contribution in [0, 0.1) is 62.1 Å². The quantitative estimate of drug-likeness (QED) is 0.550. The highest BCUT2D eigenvalue weighted by Crippen LogP contribution is 2.49. The first-order valence-corrected chi connectivity index (χ1v) is 4.44. The Morgan fingerprint density at radius 3 is 1.93 bits per heavy atom. The lowest BCUT2D eigenvalue weighted by molar-refractivity contribution is 0.225. The van der Waals surface area contributed by atoms with Gasteiger partial charge in [-0.05, 0) is 6.42 Å². The van der Waals surface area contributed by atoms with E-state index in [-0.39, 0.29) is 6.42 Å². The summed E-state index contributed by atoms with van der Waals surface area (Å²) in [5.41, 5.74) is -3.12. The van der Waals surface area contributed by atoms with Crippen molar-refractivity contribution in [3.63, 3.8) is 0 Å². The van der Waals surface area contributed by atoms with Crippen LogP contribution in [0.4, 0.5) is 0 Å². The lowest BCUT2D eigenvalue weighted by Crippen LogP contribution is -2.44. The first-order valence-electron chi connectivity index (χ1n) is 4.44. The van der Waals surface area contributed by atoms with E-state index in [1.807, 2.05) is 24.3 Å². The van der Waals surface area contributed by atoms with Crippen LogP contribution in [0.15, 0.2) is 12.2 Å². The summed E-state index contributed by atoms with van der Waals surface area (Å²) in [6, 6.07) is 7.37. The minimum atomic E-state index is -1.56. The van der Waals surface area contributed by atoms with Crippen LogP contribution in [0.2, 0.25) is 0 Å². The van der Waals surface area contributed by atoms with Crippen LogP contribution in [0.5, 0.6) is 0 Å². The van der Waals surface area contributed by atoms with Crippen LogP contribution in [0.3, 0.4) is 0 Å². The molecule has 0 saturated carbocycles. The number of hydrogen-bond donors (Lipinski definition) is 0. The average molecular weight is 196 g/mol. The van der Waals surface area contributed by atoms with E-state index in [4.69, 9.17) is 21.0 Å². The molecule has 72 valence electrons. The molecule has 0 fully saturated rings. The normalized spacial score (nSPS) is 25.3. The van der Waals surface area contributed by atoms with Gasteiger partial charge < -0.3 is 0 Å². The lowest BCUT2D eigenvalue weighted by atomic mass is 9.56. The lowest BCUT2D eigenvalue weighted by Gasteiger charge is -2.36. The first kappa shape index (κ1) is 10.8. The molecule has 0 aromatic rings. The van der Waals surface area contributed by atoms with E-state index in [2.05, 4.69) is 0 Å². The van der Waals surface area contributed by atoms with E-state index >= 15 is 0 Å². The molecule has 4 nitrogen and oxygen atoms in total. The Kier molecular flexibility index (Phi) is 2.48. The van der Waals surface area contributed by atoms with Crippen molar-refractivity contribution in [1.29, 1.82) is 21.0 Å². The second-order valence-electron chi connectivity index (χ2n) is 3.58. The molecule has 15 heavy (non-hydrogen) atoms. The summed E-state index contributed by atoms with van der Waals surface area (Å²) in [5, 5.41) is 36.3. The average Bonchev–Trinajstić information content (AvgIpc) is 2.29. The zero-order valence-corrected chi connectivity index (χ0v) is 8.23. The van der Waals surface area contributed by atoms with Crippen molar-refractivity contribution in [1.82, 2.24) is 0 Å². The van der Waals surface area contributed by atoms with Gasteiger partial charge in [-0.15, -0.1) is 0 Å². The minimum Gasteiger partial charge on any atom is -0.196 e. The molecule has 0 amide bonds. The van der Waals surface area contributed by atoms with Crippen molar-refractivity contribution < 1.29 is 0 Å². The summed E-state index contributed by atoms with van der Waals surface area (Å²) in [4.78, 5) is 0. The summed E-state index contributed by atoms with van der Waals surface area (Å²) in [5.74, 6) is -0.416. The molecule has 4 heteroatoms. The summed E-state index contributed by atoms with van der Waals surface area (Å²) in [6.07, 6.45) is 3.52. The van der Waals surface area contributed by atoms with Gasteiger partial charge in [-0.3, -0.25) is 0 Å². The van der Waals surface area contributed by atoms with Gasteiger partial charge >= 0.3 is 0 Å². The smallest absolute Gasteiger partial charge is 0.181 e. The molecule has 0 saturated heterocycles. The fraction of sp³-hybridized carbons (Fsp3) is 0.455. The summed E-state index contributed by atoms with van der Waals surface area (Å²) in [6.45, 7) is 1.67. The molecule has 1 atom stereocenters. The molecule has 1 aliphatic rings. The van der Waals surface area contributed by atoms with Crippen LogP contribution >= 0.6 is 0 Å². The predicted octanol–water partition coefficient (Wildman–Crippen LogP) is 1.65. The van der Waals surface area contributed by atoms with Crippen LogP contribution in [0.1, 0.15) is 13.3 Å². The highest BCUT2D eigenvalue weighted by molar-refractivity contribution is 5.39. The maximum atomic E-state index is 9.10. The van der Waals surface area contributed by atoms with Gasteiger partial charge in [-0.25, -0.2) is 0 Å². The molecule has 1 aliphatic carbocycles. The number of allylic oxidation sites excluding steroid dienone is 2.